The van der Waals surface area contributed by atoms with Crippen molar-refractivity contribution in [2.24, 2.45) is 0 Å². The van der Waals surface area contributed by atoms with Crippen LogP contribution in [0.15, 0.2) is 36.0 Å². The maximum Gasteiger partial charge on any atom is 0.253 e. The van der Waals surface area contributed by atoms with E-state index < -0.39 is 0 Å². The average Bonchev–Trinajstić information content (AvgIpc) is 3.11. The number of carbonyl (C=O) groups is 1. The van der Waals surface area contributed by atoms with Gasteiger partial charge in [0.25, 0.3) is 5.91 Å². The average molecular weight is 361 g/mol. The molecule has 2 saturated heterocycles. The fourth-order valence-corrected chi connectivity index (χ4v) is 4.34. The number of benzene rings is 1. The van der Waals surface area contributed by atoms with E-state index in [0.717, 1.165) is 32.5 Å². The first-order valence-corrected chi connectivity index (χ1v) is 9.31. The van der Waals surface area contributed by atoms with Crippen molar-refractivity contribution in [3.05, 3.63) is 46.7 Å². The molecule has 0 radical (unpaired) electrons. The first-order valence-electron chi connectivity index (χ1n) is 8.43. The highest BCUT2D eigenvalue weighted by atomic mass is 32.1. The van der Waals surface area contributed by atoms with Gasteiger partial charge in [-0.1, -0.05) is 6.07 Å². The van der Waals surface area contributed by atoms with Gasteiger partial charge in [0.2, 0.25) is 0 Å². The highest BCUT2D eigenvalue weighted by molar-refractivity contribution is 7.09. The van der Waals surface area contributed by atoms with Crippen LogP contribution in [0, 0.1) is 5.82 Å². The van der Waals surface area contributed by atoms with Gasteiger partial charge < -0.3 is 9.64 Å². The molecule has 0 bridgehead atoms. The molecule has 5 nitrogen and oxygen atoms in total. The Morgan fingerprint density at radius 1 is 1.36 bits per heavy atom. The van der Waals surface area contributed by atoms with Crippen LogP contribution in [0.2, 0.25) is 0 Å². The second-order valence-corrected chi connectivity index (χ2v) is 7.68. The summed E-state index contributed by atoms with van der Waals surface area (Å²) < 4.78 is 19.6. The van der Waals surface area contributed by atoms with E-state index in [1.54, 1.807) is 28.4 Å². The lowest BCUT2D eigenvalue weighted by Gasteiger charge is -2.47. The maximum absolute atomic E-state index is 13.6. The number of piperidine rings is 1. The number of hydrogen-bond donors (Lipinski definition) is 0. The van der Waals surface area contributed by atoms with Gasteiger partial charge in [0.15, 0.2) is 0 Å². The molecular formula is C18H20FN3O2S. The van der Waals surface area contributed by atoms with E-state index in [0.29, 0.717) is 12.2 Å². The predicted octanol–water partition coefficient (Wildman–Crippen LogP) is 2.68. The molecule has 3 heterocycles. The number of carbonyl (C=O) groups excluding carboxylic acids is 1. The van der Waals surface area contributed by atoms with Gasteiger partial charge in [-0.25, -0.2) is 4.39 Å². The van der Waals surface area contributed by atoms with Crippen molar-refractivity contribution in [2.75, 3.05) is 31.1 Å². The van der Waals surface area contributed by atoms with E-state index in [2.05, 4.69) is 9.88 Å². The van der Waals surface area contributed by atoms with Crippen LogP contribution in [0.4, 0.5) is 10.1 Å². The molecule has 7 heteroatoms. The molecule has 2 aliphatic heterocycles. The number of anilines is 1. The Hall–Kier alpha value is -1.83. The molecule has 4 rings (SSSR count). The van der Waals surface area contributed by atoms with E-state index in [9.17, 15) is 9.18 Å². The van der Waals surface area contributed by atoms with Crippen LogP contribution in [0.5, 0.6) is 0 Å². The number of thiazole rings is 1. The first-order chi connectivity index (χ1) is 12.1. The zero-order valence-corrected chi connectivity index (χ0v) is 14.7. The van der Waals surface area contributed by atoms with Gasteiger partial charge in [-0.3, -0.25) is 14.7 Å². The van der Waals surface area contributed by atoms with E-state index in [-0.39, 0.29) is 23.9 Å². The Labute approximate surface area is 150 Å². The van der Waals surface area contributed by atoms with Gasteiger partial charge in [-0.2, -0.15) is 0 Å². The second-order valence-electron chi connectivity index (χ2n) is 6.71. The number of aromatic nitrogens is 1. The quantitative estimate of drug-likeness (QED) is 0.843. The van der Waals surface area contributed by atoms with Crippen LogP contribution in [-0.2, 0) is 16.1 Å². The lowest BCUT2D eigenvalue weighted by Crippen LogP contribution is -2.61. The molecule has 1 aromatic heterocycles. The third kappa shape index (κ3) is 3.58. The number of rotatable bonds is 3. The van der Waals surface area contributed by atoms with E-state index >= 15 is 0 Å². The smallest absolute Gasteiger partial charge is 0.253 e. The van der Waals surface area contributed by atoms with Crippen molar-refractivity contribution >= 4 is 22.9 Å². The maximum atomic E-state index is 13.6. The van der Waals surface area contributed by atoms with Crippen molar-refractivity contribution in [3.63, 3.8) is 0 Å². The lowest BCUT2D eigenvalue weighted by molar-refractivity contribution is -0.146. The monoisotopic (exact) mass is 361 g/mol. The van der Waals surface area contributed by atoms with Gasteiger partial charge in [-0.15, -0.1) is 11.3 Å². The second kappa shape index (κ2) is 6.82. The summed E-state index contributed by atoms with van der Waals surface area (Å²) in [5, 5.41) is 0. The highest BCUT2D eigenvalue weighted by Crippen LogP contribution is 2.32. The number of halogens is 1. The summed E-state index contributed by atoms with van der Waals surface area (Å²) in [6, 6.07) is 6.21. The number of hydrogen-bond acceptors (Lipinski definition) is 5. The summed E-state index contributed by atoms with van der Waals surface area (Å²) in [5.74, 6) is -0.447. The van der Waals surface area contributed by atoms with Crippen LogP contribution in [0.3, 0.4) is 0 Å². The van der Waals surface area contributed by atoms with Crippen molar-refractivity contribution in [1.82, 2.24) is 9.88 Å². The zero-order chi connectivity index (χ0) is 17.3. The first kappa shape index (κ1) is 16.6. The molecule has 1 atom stereocenters. The van der Waals surface area contributed by atoms with Crippen molar-refractivity contribution < 1.29 is 13.9 Å². The number of amides is 1. The van der Waals surface area contributed by atoms with Gasteiger partial charge in [0.1, 0.15) is 12.4 Å². The molecule has 25 heavy (non-hydrogen) atoms. The van der Waals surface area contributed by atoms with Crippen molar-refractivity contribution in [2.45, 2.75) is 25.0 Å². The van der Waals surface area contributed by atoms with Crippen molar-refractivity contribution in [1.29, 1.82) is 0 Å². The number of nitrogens with zero attached hydrogens (tertiary/aromatic N) is 3. The van der Waals surface area contributed by atoms with E-state index in [1.807, 2.05) is 11.7 Å². The Morgan fingerprint density at radius 2 is 2.28 bits per heavy atom. The summed E-state index contributed by atoms with van der Waals surface area (Å²) in [4.78, 5) is 21.7. The molecule has 132 valence electrons. The molecule has 1 spiro atoms. The van der Waals surface area contributed by atoms with Gasteiger partial charge >= 0.3 is 0 Å². The van der Waals surface area contributed by atoms with Gasteiger partial charge in [-0.05, 0) is 37.6 Å². The van der Waals surface area contributed by atoms with Gasteiger partial charge in [0, 0.05) is 29.9 Å². The van der Waals surface area contributed by atoms with Crippen molar-refractivity contribution in [3.8, 4) is 0 Å². The molecule has 0 saturated carbocycles. The van der Waals surface area contributed by atoms with Crippen LogP contribution in [0.1, 0.15) is 17.7 Å². The number of ether oxygens (including phenoxy) is 1. The molecule has 1 aromatic carbocycles. The topological polar surface area (TPSA) is 45.7 Å². The fraction of sp³-hybridized carbons (Fsp3) is 0.444. The molecule has 2 fully saturated rings. The normalized spacial score (nSPS) is 24.8. The molecule has 1 unspecified atom stereocenters. The molecule has 0 aliphatic carbocycles. The lowest BCUT2D eigenvalue weighted by atomic mass is 9.90. The summed E-state index contributed by atoms with van der Waals surface area (Å²) in [7, 11) is 0. The SMILES string of the molecule is O=C1COC2(CCCN(Cc3cncs3)C2)CN1c1cccc(F)c1. The third-order valence-corrected chi connectivity index (χ3v) is 5.61. The van der Waals surface area contributed by atoms with Gasteiger partial charge in [0.05, 0.1) is 17.7 Å². The summed E-state index contributed by atoms with van der Waals surface area (Å²) in [6.45, 7) is 3.14. The minimum Gasteiger partial charge on any atom is -0.362 e. The molecule has 1 amide bonds. The molecular weight excluding hydrogens is 341 g/mol. The number of likely N-dealkylation sites (tertiary alicyclic amines) is 1. The van der Waals surface area contributed by atoms with Crippen LogP contribution in [-0.4, -0.2) is 47.6 Å². The minimum absolute atomic E-state index is 0.0465. The standard InChI is InChI=1S/C18H20FN3O2S/c19-14-3-1-4-15(7-14)22-12-18(24-10-17(22)23)5-2-6-21(11-18)9-16-8-20-13-25-16/h1,3-4,7-8,13H,2,5-6,9-12H2. The van der Waals surface area contributed by atoms with Crippen LogP contribution >= 0.6 is 11.3 Å². The minimum atomic E-state index is -0.386. The Kier molecular flexibility index (Phi) is 4.54. The van der Waals surface area contributed by atoms with Crippen LogP contribution in [0.25, 0.3) is 0 Å². The summed E-state index contributed by atoms with van der Waals surface area (Å²) in [6.07, 6.45) is 3.82. The molecule has 0 N–H and O–H groups in total. The Bertz CT molecular complexity index is 755. The number of morpholine rings is 1. The predicted molar refractivity (Wildman–Crippen MR) is 94.1 cm³/mol. The van der Waals surface area contributed by atoms with Crippen LogP contribution < -0.4 is 4.90 Å². The summed E-state index contributed by atoms with van der Waals surface area (Å²) in [5.41, 5.74) is 2.06. The Balaban J connectivity index is 1.51. The zero-order valence-electron chi connectivity index (χ0n) is 13.9. The molecule has 2 aliphatic rings. The summed E-state index contributed by atoms with van der Waals surface area (Å²) >= 11 is 1.65. The highest BCUT2D eigenvalue weighted by Gasteiger charge is 2.43. The largest absolute Gasteiger partial charge is 0.362 e. The van der Waals surface area contributed by atoms with E-state index in [4.69, 9.17) is 4.74 Å². The third-order valence-electron chi connectivity index (χ3n) is 4.85. The van der Waals surface area contributed by atoms with E-state index in [1.165, 1.54) is 17.0 Å². The molecule has 2 aromatic rings. The Morgan fingerprint density at radius 3 is 3.08 bits per heavy atom. The fourth-order valence-electron chi connectivity index (χ4n) is 3.71.